The van der Waals surface area contributed by atoms with Crippen LogP contribution in [-0.4, -0.2) is 10.1 Å². The van der Waals surface area contributed by atoms with Crippen LogP contribution in [0.5, 0.6) is 11.5 Å². The lowest BCUT2D eigenvalue weighted by Crippen LogP contribution is -2.06. The Bertz CT molecular complexity index is 845. The van der Waals surface area contributed by atoms with Crippen molar-refractivity contribution in [1.29, 1.82) is 0 Å². The fourth-order valence-electron chi connectivity index (χ4n) is 2.61. The molecule has 2 aromatic carbocycles. The average molecular weight is 284 g/mol. The molecular weight excluding hydrogens is 274 g/mol. The molecule has 4 heteroatoms. The van der Waals surface area contributed by atoms with Crippen molar-refractivity contribution in [3.05, 3.63) is 53.2 Å². The quantitative estimate of drug-likeness (QED) is 0.674. The van der Waals surface area contributed by atoms with Crippen LogP contribution in [0.3, 0.4) is 0 Å². The maximum Gasteiger partial charge on any atom is 0.129 e. The van der Waals surface area contributed by atoms with Crippen LogP contribution < -0.4 is 4.74 Å². The second-order valence-corrected chi connectivity index (χ2v) is 5.22. The van der Waals surface area contributed by atoms with E-state index in [-0.39, 0.29) is 5.75 Å². The third-order valence-corrected chi connectivity index (χ3v) is 3.81. The molecule has 3 nitrogen and oxygen atoms in total. The molecule has 0 radical (unpaired) electrons. The van der Waals surface area contributed by atoms with Crippen molar-refractivity contribution in [2.75, 3.05) is 0 Å². The Kier molecular flexibility index (Phi) is 2.38. The van der Waals surface area contributed by atoms with Crippen LogP contribution in [0.25, 0.3) is 22.0 Å². The van der Waals surface area contributed by atoms with E-state index < -0.39 is 0 Å². The summed E-state index contributed by atoms with van der Waals surface area (Å²) >= 11 is 5.99. The molecule has 2 heterocycles. The number of nitrogens with zero attached hydrogens (tertiary/aromatic N) is 1. The van der Waals surface area contributed by atoms with Crippen molar-refractivity contribution in [2.45, 2.75) is 6.61 Å². The van der Waals surface area contributed by atoms with Gasteiger partial charge in [0.25, 0.3) is 0 Å². The number of rotatable bonds is 0. The number of hydrogen-bond donors (Lipinski definition) is 1. The van der Waals surface area contributed by atoms with Gasteiger partial charge in [-0.25, -0.2) is 0 Å². The normalized spacial score (nSPS) is 12.7. The minimum absolute atomic E-state index is 0.217. The summed E-state index contributed by atoms with van der Waals surface area (Å²) < 4.78 is 5.79. The minimum atomic E-state index is 0.217. The van der Waals surface area contributed by atoms with Gasteiger partial charge in [-0.3, -0.25) is 4.98 Å². The first kappa shape index (κ1) is 11.6. The molecule has 0 aliphatic carbocycles. The zero-order valence-corrected chi connectivity index (χ0v) is 11.2. The standard InChI is InChI=1S/C16H10ClNO2/c17-9-1-3-12-13-7-18-15-6-10(19)2-4-11(15)14(13)8-20-16(12)5-9/h1-7,19H,8H2. The van der Waals surface area contributed by atoms with Gasteiger partial charge in [-0.2, -0.15) is 0 Å². The second-order valence-electron chi connectivity index (χ2n) is 4.78. The number of ether oxygens (including phenoxy) is 1. The molecule has 0 bridgehead atoms. The smallest absolute Gasteiger partial charge is 0.129 e. The number of pyridine rings is 1. The maximum absolute atomic E-state index is 9.54. The molecule has 1 N–H and O–H groups in total. The van der Waals surface area contributed by atoms with E-state index >= 15 is 0 Å². The number of phenols is 1. The molecule has 1 aliphatic rings. The first-order valence-electron chi connectivity index (χ1n) is 6.26. The van der Waals surface area contributed by atoms with Crippen LogP contribution >= 0.6 is 11.6 Å². The summed E-state index contributed by atoms with van der Waals surface area (Å²) in [5.41, 5.74) is 3.91. The molecule has 1 aromatic heterocycles. The van der Waals surface area contributed by atoms with Crippen molar-refractivity contribution >= 4 is 22.5 Å². The average Bonchev–Trinajstić information content (AvgIpc) is 2.45. The van der Waals surface area contributed by atoms with Gasteiger partial charge in [0.15, 0.2) is 0 Å². The molecule has 20 heavy (non-hydrogen) atoms. The van der Waals surface area contributed by atoms with E-state index in [2.05, 4.69) is 4.98 Å². The monoisotopic (exact) mass is 283 g/mol. The Morgan fingerprint density at radius 3 is 2.90 bits per heavy atom. The third kappa shape index (κ3) is 1.63. The zero-order chi connectivity index (χ0) is 13.7. The molecular formula is C16H10ClNO2. The fraction of sp³-hybridized carbons (Fsp3) is 0.0625. The number of aromatic nitrogens is 1. The molecule has 0 saturated carbocycles. The van der Waals surface area contributed by atoms with Crippen molar-refractivity contribution < 1.29 is 9.84 Å². The van der Waals surface area contributed by atoms with Gasteiger partial charge in [0.2, 0.25) is 0 Å². The molecule has 0 unspecified atom stereocenters. The maximum atomic E-state index is 9.54. The molecule has 1 aliphatic heterocycles. The van der Waals surface area contributed by atoms with E-state index in [1.54, 1.807) is 12.1 Å². The number of hydrogen-bond acceptors (Lipinski definition) is 3. The number of halogens is 1. The Morgan fingerprint density at radius 1 is 1.10 bits per heavy atom. The predicted octanol–water partition coefficient (Wildman–Crippen LogP) is 4.15. The zero-order valence-electron chi connectivity index (χ0n) is 10.4. The third-order valence-electron chi connectivity index (χ3n) is 3.57. The van der Waals surface area contributed by atoms with Crippen LogP contribution in [0.2, 0.25) is 5.02 Å². The van der Waals surface area contributed by atoms with Gasteiger partial charge >= 0.3 is 0 Å². The Hall–Kier alpha value is -2.26. The summed E-state index contributed by atoms with van der Waals surface area (Å²) in [4.78, 5) is 4.43. The van der Waals surface area contributed by atoms with Crippen LogP contribution in [-0.2, 0) is 6.61 Å². The van der Waals surface area contributed by atoms with Crippen LogP contribution in [0, 0.1) is 0 Å². The predicted molar refractivity (Wildman–Crippen MR) is 78.2 cm³/mol. The molecule has 0 saturated heterocycles. The Balaban J connectivity index is 2.03. The Labute approximate surface area is 120 Å². The van der Waals surface area contributed by atoms with Crippen LogP contribution in [0.15, 0.2) is 42.6 Å². The lowest BCUT2D eigenvalue weighted by molar-refractivity contribution is 0.304. The number of aromatic hydroxyl groups is 1. The lowest BCUT2D eigenvalue weighted by atomic mass is 9.95. The number of fused-ring (bicyclic) bond motifs is 5. The number of benzene rings is 2. The first-order valence-corrected chi connectivity index (χ1v) is 6.63. The largest absolute Gasteiger partial charge is 0.508 e. The van der Waals surface area contributed by atoms with Crippen LogP contribution in [0.4, 0.5) is 0 Å². The molecule has 4 rings (SSSR count). The van der Waals surface area contributed by atoms with Gasteiger partial charge in [-0.05, 0) is 30.3 Å². The topological polar surface area (TPSA) is 42.4 Å². The van der Waals surface area contributed by atoms with E-state index in [0.29, 0.717) is 11.6 Å². The van der Waals surface area contributed by atoms with E-state index in [4.69, 9.17) is 16.3 Å². The van der Waals surface area contributed by atoms with Crippen LogP contribution in [0.1, 0.15) is 5.56 Å². The fourth-order valence-corrected chi connectivity index (χ4v) is 2.78. The molecule has 0 amide bonds. The van der Waals surface area contributed by atoms with Gasteiger partial charge in [0.1, 0.15) is 18.1 Å². The molecule has 0 fully saturated rings. The SMILES string of the molecule is Oc1ccc2c3c(cnc2c1)-c1ccc(Cl)cc1OC3. The van der Waals surface area contributed by atoms with Crippen molar-refractivity contribution in [2.24, 2.45) is 0 Å². The molecule has 3 aromatic rings. The Morgan fingerprint density at radius 2 is 2.00 bits per heavy atom. The van der Waals surface area contributed by atoms with E-state index in [1.165, 1.54) is 0 Å². The number of phenolic OH excluding ortho intramolecular Hbond substituents is 1. The van der Waals surface area contributed by atoms with Gasteiger partial charge in [-0.1, -0.05) is 11.6 Å². The second kappa shape index (κ2) is 4.12. The lowest BCUT2D eigenvalue weighted by Gasteiger charge is -2.22. The molecule has 0 spiro atoms. The highest BCUT2D eigenvalue weighted by molar-refractivity contribution is 6.30. The summed E-state index contributed by atoms with van der Waals surface area (Å²) in [6.07, 6.45) is 1.83. The van der Waals surface area contributed by atoms with E-state index in [0.717, 1.165) is 33.3 Å². The van der Waals surface area contributed by atoms with Gasteiger partial charge in [0.05, 0.1) is 5.52 Å². The minimum Gasteiger partial charge on any atom is -0.508 e. The van der Waals surface area contributed by atoms with E-state index in [1.807, 2.05) is 30.5 Å². The van der Waals surface area contributed by atoms with Gasteiger partial charge in [-0.15, -0.1) is 0 Å². The summed E-state index contributed by atoms with van der Waals surface area (Å²) in [6.45, 7) is 0.479. The highest BCUT2D eigenvalue weighted by Gasteiger charge is 2.20. The summed E-state index contributed by atoms with van der Waals surface area (Å²) in [7, 11) is 0. The molecule has 98 valence electrons. The van der Waals surface area contributed by atoms with Crippen molar-refractivity contribution in [1.82, 2.24) is 4.98 Å². The first-order chi connectivity index (χ1) is 9.72. The molecule has 0 atom stereocenters. The highest BCUT2D eigenvalue weighted by atomic mass is 35.5. The van der Waals surface area contributed by atoms with Crippen molar-refractivity contribution in [3.63, 3.8) is 0 Å². The van der Waals surface area contributed by atoms with Gasteiger partial charge < -0.3 is 9.84 Å². The van der Waals surface area contributed by atoms with Gasteiger partial charge in [0, 0.05) is 39.4 Å². The highest BCUT2D eigenvalue weighted by Crippen LogP contribution is 2.41. The van der Waals surface area contributed by atoms with E-state index in [9.17, 15) is 5.11 Å². The van der Waals surface area contributed by atoms with Crippen molar-refractivity contribution in [3.8, 4) is 22.6 Å². The summed E-state index contributed by atoms with van der Waals surface area (Å²) in [5, 5.41) is 11.2. The summed E-state index contributed by atoms with van der Waals surface area (Å²) in [5.74, 6) is 0.999. The summed E-state index contributed by atoms with van der Waals surface area (Å²) in [6, 6.07) is 10.8.